The highest BCUT2D eigenvalue weighted by atomic mass is 16.2. The van der Waals surface area contributed by atoms with Crippen LogP contribution >= 0.6 is 0 Å². The van der Waals surface area contributed by atoms with Crippen LogP contribution in [0.3, 0.4) is 0 Å². The lowest BCUT2D eigenvalue weighted by molar-refractivity contribution is 0.0702. The zero-order valence-corrected chi connectivity index (χ0v) is 13.9. The predicted molar refractivity (Wildman–Crippen MR) is 90.6 cm³/mol. The van der Waals surface area contributed by atoms with Crippen LogP contribution in [0.1, 0.15) is 10.4 Å². The van der Waals surface area contributed by atoms with E-state index < -0.39 is 0 Å². The van der Waals surface area contributed by atoms with Crippen LogP contribution in [0.4, 0.5) is 5.82 Å². The molecule has 0 N–H and O–H groups in total. The number of aryl methyl sites for hydroxylation is 1. The van der Waals surface area contributed by atoms with Crippen molar-refractivity contribution < 1.29 is 4.79 Å². The van der Waals surface area contributed by atoms with Crippen molar-refractivity contribution in [3.63, 3.8) is 0 Å². The number of aromatic nitrogens is 5. The Labute approximate surface area is 143 Å². The van der Waals surface area contributed by atoms with Gasteiger partial charge in [-0.15, -0.1) is 15.3 Å². The minimum atomic E-state index is -0.282. The summed E-state index contributed by atoms with van der Waals surface area (Å²) < 4.78 is 3.03. The van der Waals surface area contributed by atoms with Gasteiger partial charge in [0.05, 0.1) is 6.04 Å². The first kappa shape index (κ1) is 15.3. The second kappa shape index (κ2) is 5.69. The highest BCUT2D eigenvalue weighted by Gasteiger charge is 2.34. The van der Waals surface area contributed by atoms with Gasteiger partial charge < -0.3 is 14.4 Å². The molecule has 1 aliphatic heterocycles. The van der Waals surface area contributed by atoms with Crippen LogP contribution in [0.5, 0.6) is 0 Å². The van der Waals surface area contributed by atoms with Crippen LogP contribution in [0, 0.1) is 0 Å². The number of rotatable bonds is 3. The highest BCUT2D eigenvalue weighted by Crippen LogP contribution is 2.22. The molecule has 9 heteroatoms. The summed E-state index contributed by atoms with van der Waals surface area (Å²) in [6, 6.07) is 7.04. The van der Waals surface area contributed by atoms with E-state index in [0.717, 1.165) is 5.82 Å². The molecule has 1 aliphatic rings. The molecule has 1 amide bonds. The molecule has 0 bridgehead atoms. The van der Waals surface area contributed by atoms with E-state index in [1.165, 1.54) is 4.57 Å². The van der Waals surface area contributed by atoms with Crippen LogP contribution in [0.25, 0.3) is 5.65 Å². The topological polar surface area (TPSA) is 88.6 Å². The molecular formula is C16H17N7O2. The number of likely N-dealkylation sites (N-methyl/N-ethyl adjacent to an activating group) is 1. The number of carbonyl (C=O) groups excluding carboxylic acids is 1. The second-order valence-electron chi connectivity index (χ2n) is 6.14. The molecule has 1 saturated heterocycles. The maximum absolute atomic E-state index is 12.6. The molecule has 128 valence electrons. The fourth-order valence-corrected chi connectivity index (χ4v) is 2.89. The van der Waals surface area contributed by atoms with Crippen LogP contribution in [0.15, 0.2) is 41.6 Å². The molecule has 0 aliphatic carbocycles. The Balaban J connectivity index is 1.46. The second-order valence-corrected chi connectivity index (χ2v) is 6.14. The van der Waals surface area contributed by atoms with Crippen LogP contribution in [-0.4, -0.2) is 61.4 Å². The van der Waals surface area contributed by atoms with Crippen molar-refractivity contribution in [2.24, 2.45) is 7.05 Å². The molecule has 0 unspecified atom stereocenters. The third-order valence-corrected chi connectivity index (χ3v) is 4.56. The minimum absolute atomic E-state index is 0.0378. The molecule has 3 aromatic rings. The number of carbonyl (C=O) groups is 1. The number of pyridine rings is 1. The monoisotopic (exact) mass is 339 g/mol. The average molecular weight is 339 g/mol. The quantitative estimate of drug-likeness (QED) is 0.656. The Kier molecular flexibility index (Phi) is 3.48. The lowest BCUT2D eigenvalue weighted by Gasteiger charge is -2.44. The van der Waals surface area contributed by atoms with Gasteiger partial charge in [0, 0.05) is 33.4 Å². The smallest absolute Gasteiger partial charge is 0.263 e. The molecule has 0 aromatic carbocycles. The third kappa shape index (κ3) is 2.53. The fourth-order valence-electron chi connectivity index (χ4n) is 2.89. The van der Waals surface area contributed by atoms with Gasteiger partial charge in [-0.2, -0.15) is 4.52 Å². The summed E-state index contributed by atoms with van der Waals surface area (Å²) in [5, 5.41) is 12.2. The molecule has 4 rings (SSSR count). The van der Waals surface area contributed by atoms with E-state index in [2.05, 4.69) is 20.2 Å². The third-order valence-electron chi connectivity index (χ3n) is 4.56. The molecule has 0 saturated carbocycles. The average Bonchev–Trinajstić information content (AvgIpc) is 3.03. The Hall–Kier alpha value is -3.23. The number of anilines is 1. The standard InChI is InChI=1S/C16H17N7O2/c1-20-7-3-4-12(15(20)24)16(25)21(2)11-8-22(9-11)14-6-5-13-18-17-10-23(13)19-14/h3-7,10-11H,8-9H2,1-2H3. The van der Waals surface area contributed by atoms with Gasteiger partial charge in [-0.25, -0.2) is 0 Å². The van der Waals surface area contributed by atoms with Gasteiger partial charge in [0.25, 0.3) is 11.5 Å². The van der Waals surface area contributed by atoms with E-state index in [4.69, 9.17) is 0 Å². The molecule has 4 heterocycles. The van der Waals surface area contributed by atoms with E-state index in [9.17, 15) is 9.59 Å². The van der Waals surface area contributed by atoms with Crippen molar-refractivity contribution in [3.8, 4) is 0 Å². The number of amides is 1. The van der Waals surface area contributed by atoms with Crippen LogP contribution in [0.2, 0.25) is 0 Å². The summed E-state index contributed by atoms with van der Waals surface area (Å²) in [6.45, 7) is 1.33. The van der Waals surface area contributed by atoms with Gasteiger partial charge in [0.2, 0.25) is 0 Å². The van der Waals surface area contributed by atoms with Gasteiger partial charge in [-0.3, -0.25) is 9.59 Å². The number of hydrogen-bond donors (Lipinski definition) is 0. The molecule has 25 heavy (non-hydrogen) atoms. The SMILES string of the molecule is CN(C(=O)c1cccn(C)c1=O)C1CN(c2ccc3nncn3n2)C1. The van der Waals surface area contributed by atoms with Crippen molar-refractivity contribution >= 4 is 17.4 Å². The van der Waals surface area contributed by atoms with E-state index in [-0.39, 0.29) is 23.1 Å². The maximum atomic E-state index is 12.6. The maximum Gasteiger partial charge on any atom is 0.263 e. The molecule has 9 nitrogen and oxygen atoms in total. The Bertz CT molecular complexity index is 1000. The van der Waals surface area contributed by atoms with Crippen molar-refractivity contribution in [3.05, 3.63) is 52.7 Å². The minimum Gasteiger partial charge on any atom is -0.351 e. The van der Waals surface area contributed by atoms with Crippen molar-refractivity contribution in [1.29, 1.82) is 0 Å². The first-order valence-corrected chi connectivity index (χ1v) is 7.89. The van der Waals surface area contributed by atoms with Crippen molar-refractivity contribution in [2.45, 2.75) is 6.04 Å². The fraction of sp³-hybridized carbons (Fsp3) is 0.312. The summed E-state index contributed by atoms with van der Waals surface area (Å²) in [4.78, 5) is 28.4. The normalized spacial score (nSPS) is 14.6. The Morgan fingerprint density at radius 3 is 2.88 bits per heavy atom. The van der Waals surface area contributed by atoms with Crippen molar-refractivity contribution in [1.82, 2.24) is 29.3 Å². The first-order chi connectivity index (χ1) is 12.0. The van der Waals surface area contributed by atoms with E-state index in [0.29, 0.717) is 18.7 Å². The molecule has 0 spiro atoms. The molecule has 0 radical (unpaired) electrons. The Morgan fingerprint density at radius 2 is 2.08 bits per heavy atom. The van der Waals surface area contributed by atoms with Crippen molar-refractivity contribution in [2.75, 3.05) is 25.0 Å². The number of fused-ring (bicyclic) bond motifs is 1. The zero-order chi connectivity index (χ0) is 17.6. The lowest BCUT2D eigenvalue weighted by atomic mass is 10.1. The number of hydrogen-bond acceptors (Lipinski definition) is 6. The molecule has 0 atom stereocenters. The summed E-state index contributed by atoms with van der Waals surface area (Å²) in [5.41, 5.74) is 0.596. The largest absolute Gasteiger partial charge is 0.351 e. The molecule has 3 aromatic heterocycles. The van der Waals surface area contributed by atoms with E-state index in [1.807, 2.05) is 12.1 Å². The van der Waals surface area contributed by atoms with Gasteiger partial charge in [0.15, 0.2) is 5.65 Å². The summed E-state index contributed by atoms with van der Waals surface area (Å²) >= 11 is 0. The highest BCUT2D eigenvalue weighted by molar-refractivity contribution is 5.94. The summed E-state index contributed by atoms with van der Waals surface area (Å²) in [6.07, 6.45) is 3.19. The Morgan fingerprint density at radius 1 is 1.28 bits per heavy atom. The zero-order valence-electron chi connectivity index (χ0n) is 13.9. The van der Waals surface area contributed by atoms with E-state index >= 15 is 0 Å². The summed E-state index contributed by atoms with van der Waals surface area (Å²) in [5.74, 6) is 0.549. The lowest BCUT2D eigenvalue weighted by Crippen LogP contribution is -2.60. The van der Waals surface area contributed by atoms with Gasteiger partial charge >= 0.3 is 0 Å². The predicted octanol–water partition coefficient (Wildman–Crippen LogP) is -0.216. The molecule has 1 fully saturated rings. The summed E-state index contributed by atoms with van der Waals surface area (Å²) in [7, 11) is 3.37. The van der Waals surface area contributed by atoms with E-state index in [1.54, 1.807) is 48.2 Å². The van der Waals surface area contributed by atoms with Gasteiger partial charge in [-0.05, 0) is 24.3 Å². The first-order valence-electron chi connectivity index (χ1n) is 7.89. The van der Waals surface area contributed by atoms with Crippen LogP contribution < -0.4 is 10.5 Å². The number of nitrogens with zero attached hydrogens (tertiary/aromatic N) is 7. The van der Waals surface area contributed by atoms with Gasteiger partial charge in [-0.1, -0.05) is 0 Å². The van der Waals surface area contributed by atoms with Crippen LogP contribution in [-0.2, 0) is 7.05 Å². The molecular weight excluding hydrogens is 322 g/mol. The van der Waals surface area contributed by atoms with Gasteiger partial charge in [0.1, 0.15) is 17.7 Å².